The second-order valence-corrected chi connectivity index (χ2v) is 7.29. The zero-order valence-electron chi connectivity index (χ0n) is 16.2. The number of rotatable bonds is 4. The van der Waals surface area contributed by atoms with Gasteiger partial charge in [0.1, 0.15) is 0 Å². The molecule has 4 rings (SSSR count). The molecule has 2 aliphatic heterocycles. The van der Waals surface area contributed by atoms with E-state index in [0.29, 0.717) is 54.1 Å². The van der Waals surface area contributed by atoms with E-state index in [0.717, 1.165) is 12.1 Å². The zero-order chi connectivity index (χ0) is 22.0. The summed E-state index contributed by atoms with van der Waals surface area (Å²) in [6.45, 7) is 1.96. The van der Waals surface area contributed by atoms with E-state index in [1.807, 2.05) is 4.90 Å². The van der Waals surface area contributed by atoms with E-state index >= 15 is 0 Å². The van der Waals surface area contributed by atoms with E-state index in [9.17, 15) is 18.0 Å². The molecule has 164 valence electrons. The van der Waals surface area contributed by atoms with Crippen LogP contribution in [-0.4, -0.2) is 39.0 Å². The first-order valence-corrected chi connectivity index (χ1v) is 9.81. The standard InChI is InChI=1S/C21H18ClF3N2O4/c22-16-9-13(10-18-20(16)31-12-30-18)1-4-19(28)26-17-3-2-14(11-15(17)21(23,24)25)27-5-7-29-8-6-27/h1-4,9-11H,5-8,12H2,(H,26,28). The van der Waals surface area contributed by atoms with Gasteiger partial charge in [-0.1, -0.05) is 11.6 Å². The number of carbonyl (C=O) groups excluding carboxylic acids is 1. The van der Waals surface area contributed by atoms with Crippen molar-refractivity contribution in [2.45, 2.75) is 6.18 Å². The van der Waals surface area contributed by atoms with Gasteiger partial charge < -0.3 is 24.4 Å². The van der Waals surface area contributed by atoms with Gasteiger partial charge in [-0.15, -0.1) is 0 Å². The summed E-state index contributed by atoms with van der Waals surface area (Å²) >= 11 is 6.09. The van der Waals surface area contributed by atoms with Crippen molar-refractivity contribution >= 4 is 35.0 Å². The number of halogens is 4. The van der Waals surface area contributed by atoms with Crippen LogP contribution in [0.2, 0.25) is 5.02 Å². The third-order valence-corrected chi connectivity index (χ3v) is 5.10. The maximum atomic E-state index is 13.6. The highest BCUT2D eigenvalue weighted by atomic mass is 35.5. The molecule has 0 atom stereocenters. The Bertz CT molecular complexity index is 1020. The highest BCUT2D eigenvalue weighted by molar-refractivity contribution is 6.32. The third kappa shape index (κ3) is 4.88. The minimum absolute atomic E-state index is 0.0450. The molecule has 0 unspecified atom stereocenters. The lowest BCUT2D eigenvalue weighted by Crippen LogP contribution is -2.36. The van der Waals surface area contributed by atoms with Crippen LogP contribution in [0.4, 0.5) is 24.5 Å². The molecule has 1 N–H and O–H groups in total. The molecule has 0 aromatic heterocycles. The average Bonchev–Trinajstić information content (AvgIpc) is 3.22. The summed E-state index contributed by atoms with van der Waals surface area (Å²) in [5.74, 6) is 0.141. The highest BCUT2D eigenvalue weighted by Gasteiger charge is 2.34. The Labute approximate surface area is 181 Å². The predicted octanol–water partition coefficient (Wildman–Crippen LogP) is 4.58. The van der Waals surface area contributed by atoms with E-state index in [4.69, 9.17) is 25.8 Å². The molecule has 31 heavy (non-hydrogen) atoms. The normalized spacial score (nSPS) is 16.1. The highest BCUT2D eigenvalue weighted by Crippen LogP contribution is 2.40. The molecule has 2 aromatic rings. The topological polar surface area (TPSA) is 60.0 Å². The van der Waals surface area contributed by atoms with Crippen molar-refractivity contribution in [2.75, 3.05) is 43.3 Å². The van der Waals surface area contributed by atoms with Crippen LogP contribution < -0.4 is 19.7 Å². The summed E-state index contributed by atoms with van der Waals surface area (Å²) in [6.07, 6.45) is -2.07. The molecule has 6 nitrogen and oxygen atoms in total. The van der Waals surface area contributed by atoms with Crippen LogP contribution in [0, 0.1) is 0 Å². The molecule has 1 amide bonds. The Morgan fingerprint density at radius 3 is 2.65 bits per heavy atom. The van der Waals surface area contributed by atoms with Crippen LogP contribution in [0.3, 0.4) is 0 Å². The summed E-state index contributed by atoms with van der Waals surface area (Å²) in [5, 5.41) is 2.62. The third-order valence-electron chi connectivity index (χ3n) is 4.82. The molecule has 0 saturated carbocycles. The first-order chi connectivity index (χ1) is 14.8. The van der Waals surface area contributed by atoms with Gasteiger partial charge in [-0.3, -0.25) is 4.79 Å². The van der Waals surface area contributed by atoms with E-state index in [-0.39, 0.29) is 12.5 Å². The molecule has 2 aliphatic rings. The number of nitrogens with zero attached hydrogens (tertiary/aromatic N) is 1. The van der Waals surface area contributed by atoms with Gasteiger partial charge in [-0.05, 0) is 42.0 Å². The molecule has 0 bridgehead atoms. The van der Waals surface area contributed by atoms with Gasteiger partial charge in [0.25, 0.3) is 0 Å². The number of alkyl halides is 3. The van der Waals surface area contributed by atoms with E-state index in [1.165, 1.54) is 12.1 Å². The first-order valence-electron chi connectivity index (χ1n) is 9.43. The van der Waals surface area contributed by atoms with Crippen LogP contribution >= 0.6 is 11.6 Å². The Hall–Kier alpha value is -2.91. The maximum absolute atomic E-state index is 13.6. The van der Waals surface area contributed by atoms with E-state index in [2.05, 4.69) is 5.32 Å². The SMILES string of the molecule is O=C(C=Cc1cc(Cl)c2c(c1)OCO2)Nc1ccc(N2CCOCC2)cc1C(F)(F)F. The van der Waals surface area contributed by atoms with Gasteiger partial charge in [0.05, 0.1) is 29.5 Å². The van der Waals surface area contributed by atoms with Crippen LogP contribution in [0.25, 0.3) is 6.08 Å². The number of anilines is 2. The van der Waals surface area contributed by atoms with Crippen molar-refractivity contribution in [1.82, 2.24) is 0 Å². The summed E-state index contributed by atoms with van der Waals surface area (Å²) in [6, 6.07) is 7.05. The van der Waals surface area contributed by atoms with Crippen molar-refractivity contribution in [2.24, 2.45) is 0 Å². The molecule has 2 aromatic carbocycles. The van der Waals surface area contributed by atoms with Gasteiger partial charge in [-0.2, -0.15) is 13.2 Å². The van der Waals surface area contributed by atoms with Crippen molar-refractivity contribution in [3.63, 3.8) is 0 Å². The lowest BCUT2D eigenvalue weighted by molar-refractivity contribution is -0.136. The number of amides is 1. The van der Waals surface area contributed by atoms with Gasteiger partial charge in [0.15, 0.2) is 11.5 Å². The largest absolute Gasteiger partial charge is 0.454 e. The summed E-state index contributed by atoms with van der Waals surface area (Å²) in [4.78, 5) is 14.1. The number of hydrogen-bond donors (Lipinski definition) is 1. The van der Waals surface area contributed by atoms with Crippen LogP contribution in [-0.2, 0) is 15.7 Å². The summed E-state index contributed by atoms with van der Waals surface area (Å²) in [5.41, 5.74) is -0.255. The monoisotopic (exact) mass is 454 g/mol. The fraction of sp³-hybridized carbons (Fsp3) is 0.286. The van der Waals surface area contributed by atoms with Crippen molar-refractivity contribution in [1.29, 1.82) is 0 Å². The lowest BCUT2D eigenvalue weighted by atomic mass is 10.1. The number of benzene rings is 2. The Balaban J connectivity index is 1.52. The number of hydrogen-bond acceptors (Lipinski definition) is 5. The van der Waals surface area contributed by atoms with Crippen molar-refractivity contribution < 1.29 is 32.2 Å². The van der Waals surface area contributed by atoms with Crippen LogP contribution in [0.1, 0.15) is 11.1 Å². The minimum Gasteiger partial charge on any atom is -0.454 e. The second-order valence-electron chi connectivity index (χ2n) is 6.89. The summed E-state index contributed by atoms with van der Waals surface area (Å²) in [7, 11) is 0. The van der Waals surface area contributed by atoms with Gasteiger partial charge in [-0.25, -0.2) is 0 Å². The number of fused-ring (bicyclic) bond motifs is 1. The quantitative estimate of drug-likeness (QED) is 0.685. The predicted molar refractivity (Wildman–Crippen MR) is 110 cm³/mol. The number of carbonyl (C=O) groups is 1. The van der Waals surface area contributed by atoms with Gasteiger partial charge >= 0.3 is 6.18 Å². The Kier molecular flexibility index (Phi) is 5.97. The number of morpholine rings is 1. The number of ether oxygens (including phenoxy) is 3. The average molecular weight is 455 g/mol. The number of nitrogens with one attached hydrogen (secondary N) is 1. The van der Waals surface area contributed by atoms with Crippen LogP contribution in [0.5, 0.6) is 11.5 Å². The smallest absolute Gasteiger partial charge is 0.418 e. The van der Waals surface area contributed by atoms with Crippen LogP contribution in [0.15, 0.2) is 36.4 Å². The van der Waals surface area contributed by atoms with E-state index in [1.54, 1.807) is 18.2 Å². The molecule has 1 saturated heterocycles. The molecule has 0 spiro atoms. The minimum atomic E-state index is -4.63. The summed E-state index contributed by atoms with van der Waals surface area (Å²) < 4.78 is 56.6. The lowest BCUT2D eigenvalue weighted by Gasteiger charge is -2.29. The first kappa shape index (κ1) is 21.3. The second kappa shape index (κ2) is 8.68. The van der Waals surface area contributed by atoms with Crippen molar-refractivity contribution in [3.8, 4) is 11.5 Å². The van der Waals surface area contributed by atoms with Gasteiger partial charge in [0, 0.05) is 24.9 Å². The Morgan fingerprint density at radius 2 is 1.90 bits per heavy atom. The fourth-order valence-corrected chi connectivity index (χ4v) is 3.60. The molecule has 0 aliphatic carbocycles. The molecule has 0 radical (unpaired) electrons. The zero-order valence-corrected chi connectivity index (χ0v) is 16.9. The molecular formula is C21H18ClF3N2O4. The van der Waals surface area contributed by atoms with Crippen molar-refractivity contribution in [3.05, 3.63) is 52.6 Å². The van der Waals surface area contributed by atoms with E-state index < -0.39 is 17.6 Å². The van der Waals surface area contributed by atoms with Gasteiger partial charge in [0.2, 0.25) is 12.7 Å². The molecule has 1 fully saturated rings. The molecule has 2 heterocycles. The maximum Gasteiger partial charge on any atom is 0.418 e. The Morgan fingerprint density at radius 1 is 1.13 bits per heavy atom. The fourth-order valence-electron chi connectivity index (χ4n) is 3.32. The molecule has 10 heteroatoms. The molecular weight excluding hydrogens is 437 g/mol.